The first-order valence-electron chi connectivity index (χ1n) is 14.2. The van der Waals surface area contributed by atoms with Gasteiger partial charge in [-0.3, -0.25) is 14.5 Å². The van der Waals surface area contributed by atoms with E-state index in [4.69, 9.17) is 0 Å². The molecule has 2 atom stereocenters. The van der Waals surface area contributed by atoms with Crippen molar-refractivity contribution in [1.82, 2.24) is 15.1 Å². The van der Waals surface area contributed by atoms with Crippen LogP contribution in [0.1, 0.15) is 70.0 Å². The lowest BCUT2D eigenvalue weighted by atomic mass is 9.71. The van der Waals surface area contributed by atoms with Crippen molar-refractivity contribution in [2.24, 2.45) is 23.2 Å². The van der Waals surface area contributed by atoms with Gasteiger partial charge in [0.15, 0.2) is 0 Å². The lowest BCUT2D eigenvalue weighted by molar-refractivity contribution is -0.136. The van der Waals surface area contributed by atoms with Crippen molar-refractivity contribution in [1.29, 1.82) is 0 Å². The minimum atomic E-state index is -0.132. The van der Waals surface area contributed by atoms with Crippen LogP contribution in [-0.2, 0) is 9.59 Å². The quantitative estimate of drug-likeness (QED) is 0.586. The smallest absolute Gasteiger partial charge is 0.226 e. The van der Waals surface area contributed by atoms with Crippen molar-refractivity contribution >= 4 is 11.8 Å². The van der Waals surface area contributed by atoms with Crippen LogP contribution in [0, 0.1) is 23.2 Å². The van der Waals surface area contributed by atoms with Crippen LogP contribution in [0.3, 0.4) is 0 Å². The average Bonchev–Trinajstić information content (AvgIpc) is 3.71. The van der Waals surface area contributed by atoms with Gasteiger partial charge in [0, 0.05) is 32.2 Å². The standard InChI is InChI=1S/C32H43N3O2/c1-32(2,3)25-14-16-26(17-15-25)33-30(36)27-22-28(27)31(37)35-20-18-34(19-21-35)29(23-10-6-4-7-11-23)24-12-8-5-9-13-24/h4-13,25-29H,14-22H2,1-3H3,(H,33,36). The monoisotopic (exact) mass is 501 g/mol. The zero-order valence-corrected chi connectivity index (χ0v) is 22.7. The Labute approximate surface area is 222 Å². The molecule has 0 spiro atoms. The third kappa shape index (κ3) is 6.09. The van der Waals surface area contributed by atoms with E-state index in [2.05, 4.69) is 91.7 Å². The molecule has 1 N–H and O–H groups in total. The summed E-state index contributed by atoms with van der Waals surface area (Å²) >= 11 is 0. The molecule has 2 amide bonds. The second-order valence-corrected chi connectivity index (χ2v) is 12.5. The van der Waals surface area contributed by atoms with Gasteiger partial charge in [-0.15, -0.1) is 0 Å². The van der Waals surface area contributed by atoms with Crippen molar-refractivity contribution in [2.45, 2.75) is 65.0 Å². The fraction of sp³-hybridized carbons (Fsp3) is 0.562. The molecule has 2 saturated carbocycles. The third-order valence-corrected chi connectivity index (χ3v) is 8.96. The Morgan fingerprint density at radius 1 is 0.784 bits per heavy atom. The molecule has 3 aliphatic rings. The molecule has 2 unspecified atom stereocenters. The number of nitrogens with zero attached hydrogens (tertiary/aromatic N) is 2. The molecular formula is C32H43N3O2. The first-order valence-corrected chi connectivity index (χ1v) is 14.2. The van der Waals surface area contributed by atoms with Crippen LogP contribution in [0.15, 0.2) is 60.7 Å². The Kier molecular flexibility index (Phi) is 7.71. The largest absolute Gasteiger partial charge is 0.353 e. The average molecular weight is 502 g/mol. The van der Waals surface area contributed by atoms with Gasteiger partial charge in [-0.2, -0.15) is 0 Å². The fourth-order valence-corrected chi connectivity index (χ4v) is 6.49. The number of amides is 2. The van der Waals surface area contributed by atoms with E-state index in [1.54, 1.807) is 0 Å². The maximum absolute atomic E-state index is 13.3. The van der Waals surface area contributed by atoms with Crippen LogP contribution in [-0.4, -0.2) is 53.8 Å². The minimum Gasteiger partial charge on any atom is -0.353 e. The van der Waals surface area contributed by atoms with E-state index < -0.39 is 0 Å². The zero-order valence-electron chi connectivity index (χ0n) is 22.7. The summed E-state index contributed by atoms with van der Waals surface area (Å²) in [5.41, 5.74) is 2.91. The lowest BCUT2D eigenvalue weighted by Gasteiger charge is -2.40. The number of hydrogen-bond acceptors (Lipinski definition) is 3. The summed E-state index contributed by atoms with van der Waals surface area (Å²) in [5, 5.41) is 3.28. The molecule has 1 aliphatic heterocycles. The molecule has 2 aromatic carbocycles. The number of nitrogens with one attached hydrogen (secondary N) is 1. The van der Waals surface area contributed by atoms with E-state index in [-0.39, 0.29) is 35.7 Å². The number of rotatable bonds is 6. The lowest BCUT2D eigenvalue weighted by Crippen LogP contribution is -2.50. The van der Waals surface area contributed by atoms with Gasteiger partial charge in [0.2, 0.25) is 11.8 Å². The normalized spacial score (nSPS) is 26.6. The molecule has 5 heteroatoms. The van der Waals surface area contributed by atoms with Crippen molar-refractivity contribution < 1.29 is 9.59 Å². The summed E-state index contributed by atoms with van der Waals surface area (Å²) in [4.78, 5) is 30.7. The summed E-state index contributed by atoms with van der Waals surface area (Å²) in [6.45, 7) is 10.1. The second-order valence-electron chi connectivity index (χ2n) is 12.5. The van der Waals surface area contributed by atoms with Gasteiger partial charge in [-0.05, 0) is 54.6 Å². The van der Waals surface area contributed by atoms with Crippen LogP contribution < -0.4 is 5.32 Å². The molecule has 198 valence electrons. The molecular weight excluding hydrogens is 458 g/mol. The van der Waals surface area contributed by atoms with Crippen LogP contribution in [0.5, 0.6) is 0 Å². The number of carbonyl (C=O) groups is 2. The molecule has 2 aliphatic carbocycles. The van der Waals surface area contributed by atoms with Crippen LogP contribution in [0.2, 0.25) is 0 Å². The predicted molar refractivity (Wildman–Crippen MR) is 148 cm³/mol. The number of hydrogen-bond donors (Lipinski definition) is 1. The summed E-state index contributed by atoms with van der Waals surface area (Å²) in [6.07, 6.45) is 5.19. The molecule has 2 aromatic rings. The Hall–Kier alpha value is -2.66. The Morgan fingerprint density at radius 3 is 1.84 bits per heavy atom. The van der Waals surface area contributed by atoms with E-state index in [1.807, 2.05) is 4.90 Å². The number of benzene rings is 2. The first kappa shape index (κ1) is 26.0. The maximum Gasteiger partial charge on any atom is 0.226 e. The SMILES string of the molecule is CC(C)(C)C1CCC(NC(=O)C2CC2C(=O)N2CCN(C(c3ccccc3)c3ccccc3)CC2)CC1. The number of piperazine rings is 1. The highest BCUT2D eigenvalue weighted by molar-refractivity contribution is 5.92. The molecule has 0 radical (unpaired) electrons. The third-order valence-electron chi connectivity index (χ3n) is 8.96. The molecule has 1 heterocycles. The predicted octanol–water partition coefficient (Wildman–Crippen LogP) is 5.28. The van der Waals surface area contributed by atoms with Gasteiger partial charge in [0.1, 0.15) is 0 Å². The van der Waals surface area contributed by atoms with Gasteiger partial charge in [0.05, 0.1) is 17.9 Å². The van der Waals surface area contributed by atoms with E-state index in [0.29, 0.717) is 11.8 Å². The van der Waals surface area contributed by atoms with Gasteiger partial charge < -0.3 is 10.2 Å². The van der Waals surface area contributed by atoms with Gasteiger partial charge in [-0.1, -0.05) is 81.4 Å². The maximum atomic E-state index is 13.3. The summed E-state index contributed by atoms with van der Waals surface area (Å²) in [5.74, 6) is 0.748. The highest BCUT2D eigenvalue weighted by Gasteiger charge is 2.50. The summed E-state index contributed by atoms with van der Waals surface area (Å²) < 4.78 is 0. The minimum absolute atomic E-state index is 0.101. The van der Waals surface area contributed by atoms with Crippen LogP contribution in [0.25, 0.3) is 0 Å². The van der Waals surface area contributed by atoms with Gasteiger partial charge >= 0.3 is 0 Å². The van der Waals surface area contributed by atoms with Gasteiger partial charge in [-0.25, -0.2) is 0 Å². The van der Waals surface area contributed by atoms with E-state index in [1.165, 1.54) is 24.0 Å². The first-order chi connectivity index (χ1) is 17.8. The molecule has 1 saturated heterocycles. The van der Waals surface area contributed by atoms with E-state index >= 15 is 0 Å². The molecule has 0 aromatic heterocycles. The molecule has 37 heavy (non-hydrogen) atoms. The van der Waals surface area contributed by atoms with Crippen molar-refractivity contribution in [3.63, 3.8) is 0 Å². The molecule has 3 fully saturated rings. The Bertz CT molecular complexity index is 1010. The summed E-state index contributed by atoms with van der Waals surface area (Å²) in [6, 6.07) is 21.7. The fourth-order valence-electron chi connectivity index (χ4n) is 6.49. The number of carbonyl (C=O) groups excluding carboxylic acids is 2. The Balaban J connectivity index is 1.12. The molecule has 5 rings (SSSR count). The van der Waals surface area contributed by atoms with Gasteiger partial charge in [0.25, 0.3) is 0 Å². The second kappa shape index (κ2) is 11.0. The molecule has 0 bridgehead atoms. The highest BCUT2D eigenvalue weighted by atomic mass is 16.2. The van der Waals surface area contributed by atoms with Crippen LogP contribution in [0.4, 0.5) is 0 Å². The Morgan fingerprint density at radius 2 is 1.32 bits per heavy atom. The highest BCUT2D eigenvalue weighted by Crippen LogP contribution is 2.42. The van der Waals surface area contributed by atoms with Crippen molar-refractivity contribution in [3.8, 4) is 0 Å². The topological polar surface area (TPSA) is 52.7 Å². The van der Waals surface area contributed by atoms with Crippen molar-refractivity contribution in [2.75, 3.05) is 26.2 Å². The molecule has 5 nitrogen and oxygen atoms in total. The zero-order chi connectivity index (χ0) is 26.0. The summed E-state index contributed by atoms with van der Waals surface area (Å²) in [7, 11) is 0. The van der Waals surface area contributed by atoms with E-state index in [0.717, 1.165) is 44.9 Å². The van der Waals surface area contributed by atoms with Crippen molar-refractivity contribution in [3.05, 3.63) is 71.8 Å². The van der Waals surface area contributed by atoms with Crippen LogP contribution >= 0.6 is 0 Å². The van der Waals surface area contributed by atoms with E-state index in [9.17, 15) is 9.59 Å².